The van der Waals surface area contributed by atoms with Crippen molar-refractivity contribution in [3.05, 3.63) is 91.4 Å². The van der Waals surface area contributed by atoms with E-state index in [0.717, 1.165) is 0 Å². The molecule has 1 aromatic heterocycles. The predicted molar refractivity (Wildman–Crippen MR) is 138 cm³/mol. The first-order valence-electron chi connectivity index (χ1n) is 11.0. The zero-order valence-corrected chi connectivity index (χ0v) is 21.4. The molecule has 0 radical (unpaired) electrons. The van der Waals surface area contributed by atoms with E-state index < -0.39 is 17.6 Å². The number of aromatic hydroxyl groups is 1. The summed E-state index contributed by atoms with van der Waals surface area (Å²) in [7, 11) is 0. The van der Waals surface area contributed by atoms with Gasteiger partial charge >= 0.3 is 6.11 Å². The van der Waals surface area contributed by atoms with E-state index in [-0.39, 0.29) is 44.7 Å². The molecule has 37 heavy (non-hydrogen) atoms. The van der Waals surface area contributed by atoms with Gasteiger partial charge in [-0.2, -0.15) is 8.78 Å². The Morgan fingerprint density at radius 3 is 2.43 bits per heavy atom. The van der Waals surface area contributed by atoms with Crippen LogP contribution in [-0.2, 0) is 6.54 Å². The van der Waals surface area contributed by atoms with E-state index in [0.29, 0.717) is 29.4 Å². The fraction of sp³-hybridized carbons (Fsp3) is 0.192. The second-order valence-corrected chi connectivity index (χ2v) is 9.28. The second-order valence-electron chi connectivity index (χ2n) is 8.46. The lowest BCUT2D eigenvalue weighted by Gasteiger charge is -2.18. The van der Waals surface area contributed by atoms with E-state index in [2.05, 4.69) is 10.3 Å². The minimum absolute atomic E-state index is 0.0634. The summed E-state index contributed by atoms with van der Waals surface area (Å²) in [5.74, 6) is -0.697. The molecule has 1 heterocycles. The van der Waals surface area contributed by atoms with Crippen LogP contribution in [0.15, 0.2) is 53.3 Å². The fourth-order valence-electron chi connectivity index (χ4n) is 3.84. The molecule has 2 N–H and O–H groups in total. The molecule has 0 spiro atoms. The first-order chi connectivity index (χ1) is 17.4. The average Bonchev–Trinajstić information content (AvgIpc) is 2.81. The van der Waals surface area contributed by atoms with Gasteiger partial charge in [0.1, 0.15) is 11.6 Å². The molecule has 0 fully saturated rings. The summed E-state index contributed by atoms with van der Waals surface area (Å²) in [5.41, 5.74) is 1.19. The van der Waals surface area contributed by atoms with Gasteiger partial charge in [0.05, 0.1) is 33.2 Å². The van der Waals surface area contributed by atoms with Crippen molar-refractivity contribution in [3.63, 3.8) is 0 Å². The van der Waals surface area contributed by atoms with Gasteiger partial charge in [-0.15, -0.1) is 0 Å². The third-order valence-electron chi connectivity index (χ3n) is 5.62. The van der Waals surface area contributed by atoms with E-state index >= 15 is 0 Å². The Labute approximate surface area is 220 Å². The molecule has 4 aromatic rings. The Balaban J connectivity index is 1.80. The maximum Gasteiger partial charge on any atom is 0.394 e. The number of nitrogens with zero attached hydrogens (tertiary/aromatic N) is 2. The molecular weight excluding hydrogens is 527 g/mol. The number of carbonyl (C=O) groups is 1. The fourth-order valence-corrected chi connectivity index (χ4v) is 4.33. The Kier molecular flexibility index (Phi) is 7.12. The number of aromatic nitrogens is 2. The number of alkyl halides is 2. The molecule has 0 aliphatic rings. The largest absolute Gasteiger partial charge is 0.505 e. The minimum Gasteiger partial charge on any atom is -0.505 e. The first kappa shape index (κ1) is 26.4. The lowest BCUT2D eigenvalue weighted by molar-refractivity contribution is -0.159. The third kappa shape index (κ3) is 5.52. The smallest absolute Gasteiger partial charge is 0.394 e. The van der Waals surface area contributed by atoms with Crippen molar-refractivity contribution < 1.29 is 23.4 Å². The van der Waals surface area contributed by atoms with Crippen LogP contribution in [0.3, 0.4) is 0 Å². The highest BCUT2D eigenvalue weighted by molar-refractivity contribution is 6.37. The summed E-state index contributed by atoms with van der Waals surface area (Å²) in [5, 5.41) is 12.4. The molecule has 11 heteroatoms. The number of benzene rings is 3. The molecule has 192 valence electrons. The number of anilines is 1. The molecule has 0 saturated heterocycles. The van der Waals surface area contributed by atoms with Crippen LogP contribution < -0.4 is 15.6 Å². The van der Waals surface area contributed by atoms with Crippen molar-refractivity contribution in [1.82, 2.24) is 9.55 Å². The molecule has 0 saturated carbocycles. The normalized spacial score (nSPS) is 11.5. The lowest BCUT2D eigenvalue weighted by atomic mass is 10.1. The number of phenols is 1. The number of rotatable bonds is 6. The van der Waals surface area contributed by atoms with Crippen LogP contribution in [0, 0.1) is 13.8 Å². The van der Waals surface area contributed by atoms with Gasteiger partial charge in [0.25, 0.3) is 11.5 Å². The number of hydrogen-bond acceptors (Lipinski definition) is 5. The van der Waals surface area contributed by atoms with Crippen molar-refractivity contribution in [2.45, 2.75) is 33.4 Å². The first-order valence-corrected chi connectivity index (χ1v) is 11.8. The highest BCUT2D eigenvalue weighted by atomic mass is 35.5. The van der Waals surface area contributed by atoms with Gasteiger partial charge < -0.3 is 15.2 Å². The van der Waals surface area contributed by atoms with Crippen molar-refractivity contribution in [1.29, 1.82) is 0 Å². The summed E-state index contributed by atoms with van der Waals surface area (Å²) in [6, 6.07) is 11.9. The van der Waals surface area contributed by atoms with Crippen molar-refractivity contribution in [3.8, 4) is 11.5 Å². The lowest BCUT2D eigenvalue weighted by Crippen LogP contribution is -2.27. The number of para-hydroxylation sites is 1. The van der Waals surface area contributed by atoms with Gasteiger partial charge in [0.15, 0.2) is 5.75 Å². The van der Waals surface area contributed by atoms with Crippen LogP contribution in [-0.4, -0.2) is 26.7 Å². The molecule has 0 aliphatic carbocycles. The molecule has 0 bridgehead atoms. The van der Waals surface area contributed by atoms with Gasteiger partial charge in [0.2, 0.25) is 0 Å². The van der Waals surface area contributed by atoms with E-state index in [1.807, 2.05) is 0 Å². The highest BCUT2D eigenvalue weighted by Crippen LogP contribution is 2.33. The summed E-state index contributed by atoms with van der Waals surface area (Å²) in [6.07, 6.45) is -3.41. The summed E-state index contributed by atoms with van der Waals surface area (Å²) in [4.78, 5) is 31.2. The predicted octanol–water partition coefficient (Wildman–Crippen LogP) is 6.32. The number of amides is 1. The van der Waals surface area contributed by atoms with Crippen molar-refractivity contribution >= 4 is 45.7 Å². The van der Waals surface area contributed by atoms with Crippen LogP contribution in [0.5, 0.6) is 11.5 Å². The molecule has 7 nitrogen and oxygen atoms in total. The van der Waals surface area contributed by atoms with E-state index in [4.69, 9.17) is 27.9 Å². The van der Waals surface area contributed by atoms with Gasteiger partial charge in [-0.25, -0.2) is 4.98 Å². The number of carbonyl (C=O) groups excluding carboxylic acids is 1. The maximum atomic E-state index is 13.7. The molecule has 0 aliphatic heterocycles. The molecule has 1 amide bonds. The number of phenolic OH excluding ortho intramolecular Hbond substituents is 1. The topological polar surface area (TPSA) is 93.5 Å². The molecule has 3 aromatic carbocycles. The number of halogens is 4. The monoisotopic (exact) mass is 547 g/mol. The highest BCUT2D eigenvalue weighted by Gasteiger charge is 2.25. The third-order valence-corrected chi connectivity index (χ3v) is 6.20. The van der Waals surface area contributed by atoms with E-state index in [9.17, 15) is 23.5 Å². The number of aryl methyl sites for hydroxylation is 2. The van der Waals surface area contributed by atoms with Crippen LogP contribution in [0.4, 0.5) is 14.5 Å². The minimum atomic E-state index is -3.41. The van der Waals surface area contributed by atoms with Crippen molar-refractivity contribution in [2.75, 3.05) is 5.32 Å². The zero-order chi connectivity index (χ0) is 27.1. The van der Waals surface area contributed by atoms with Gasteiger partial charge in [-0.05, 0) is 43.7 Å². The molecule has 0 atom stereocenters. The second kappa shape index (κ2) is 9.99. The summed E-state index contributed by atoms with van der Waals surface area (Å²) < 4.78 is 33.2. The average molecular weight is 548 g/mol. The quantitative estimate of drug-likeness (QED) is 0.294. The summed E-state index contributed by atoms with van der Waals surface area (Å²) >= 11 is 11.9. The molecular formula is C26H21Cl2F2N3O4. The number of fused-ring (bicyclic) bond motifs is 1. The van der Waals surface area contributed by atoms with Crippen molar-refractivity contribution in [2.24, 2.45) is 0 Å². The maximum absolute atomic E-state index is 13.7. The zero-order valence-electron chi connectivity index (χ0n) is 19.9. The van der Waals surface area contributed by atoms with Crippen LogP contribution in [0.25, 0.3) is 10.9 Å². The Hall–Kier alpha value is -3.69. The standard InChI is InChI=1S/C26H21Cl2F2N3O4/c1-13-8-9-19(32-24(35)16-10-17(27)23(34)18(28)11-16)21-22(13)31-14(2)33(25(21)36)12-15-6-4-5-7-20(15)37-26(3,29)30/h4-11,34H,12H2,1-3H3,(H,32,35). The van der Waals surface area contributed by atoms with Gasteiger partial charge in [0, 0.05) is 18.1 Å². The van der Waals surface area contributed by atoms with Crippen LogP contribution in [0.2, 0.25) is 10.0 Å². The van der Waals surface area contributed by atoms with Crippen LogP contribution >= 0.6 is 23.2 Å². The Morgan fingerprint density at radius 1 is 1.14 bits per heavy atom. The molecule has 4 rings (SSSR count). The van der Waals surface area contributed by atoms with E-state index in [1.54, 1.807) is 44.2 Å². The molecule has 0 unspecified atom stereocenters. The van der Waals surface area contributed by atoms with Gasteiger partial charge in [-0.3, -0.25) is 14.2 Å². The SMILES string of the molecule is Cc1ccc(NC(=O)c2cc(Cl)c(O)c(Cl)c2)c2c(=O)n(Cc3ccccc3OC(C)(F)F)c(C)nc12. The van der Waals surface area contributed by atoms with Gasteiger partial charge in [-0.1, -0.05) is 47.5 Å². The van der Waals surface area contributed by atoms with E-state index in [1.165, 1.54) is 22.8 Å². The number of nitrogens with one attached hydrogen (secondary N) is 1. The Bertz CT molecular complexity index is 1580. The Morgan fingerprint density at radius 2 is 1.78 bits per heavy atom. The number of ether oxygens (including phenoxy) is 1. The summed E-state index contributed by atoms with van der Waals surface area (Å²) in [6.45, 7) is 3.94. The number of hydrogen-bond donors (Lipinski definition) is 2. The van der Waals surface area contributed by atoms with Crippen LogP contribution in [0.1, 0.15) is 34.2 Å².